The molecule has 0 aliphatic carbocycles. The summed E-state index contributed by atoms with van der Waals surface area (Å²) in [6, 6.07) is 7.83. The molecule has 27 heavy (non-hydrogen) atoms. The fourth-order valence-corrected chi connectivity index (χ4v) is 2.75. The van der Waals surface area contributed by atoms with Crippen molar-refractivity contribution in [2.75, 3.05) is 5.32 Å². The lowest BCUT2D eigenvalue weighted by Crippen LogP contribution is -2.07. The maximum Gasteiger partial charge on any atom is 0.433 e. The van der Waals surface area contributed by atoms with Crippen molar-refractivity contribution >= 4 is 46.8 Å². The minimum Gasteiger partial charge on any atom is -0.401 e. The Hall–Kier alpha value is -3.10. The van der Waals surface area contributed by atoms with Crippen molar-refractivity contribution in [3.63, 3.8) is 0 Å². The number of halogens is 2. The van der Waals surface area contributed by atoms with Gasteiger partial charge in [0.15, 0.2) is 0 Å². The minimum absolute atomic E-state index is 0.195. The normalized spacial score (nSPS) is 11.0. The molecule has 138 valence electrons. The van der Waals surface area contributed by atoms with E-state index in [-0.39, 0.29) is 5.76 Å². The lowest BCUT2D eigenvalue weighted by atomic mass is 10.2. The molecule has 1 aromatic carbocycles. The van der Waals surface area contributed by atoms with Crippen molar-refractivity contribution in [1.29, 1.82) is 0 Å². The number of rotatable bonds is 6. The molecule has 0 saturated heterocycles. The van der Waals surface area contributed by atoms with Gasteiger partial charge >= 0.3 is 5.88 Å². The smallest absolute Gasteiger partial charge is 0.401 e. The van der Waals surface area contributed by atoms with E-state index in [1.807, 2.05) is 0 Å². The molecule has 0 fully saturated rings. The first-order chi connectivity index (χ1) is 12.9. The van der Waals surface area contributed by atoms with E-state index < -0.39 is 16.7 Å². The second-order valence-corrected chi connectivity index (χ2v) is 6.20. The number of hydrogen-bond donors (Lipinski definition) is 1. The van der Waals surface area contributed by atoms with Gasteiger partial charge in [0.25, 0.3) is 0 Å². The predicted octanol–water partition coefficient (Wildman–Crippen LogP) is 4.39. The Kier molecular flexibility index (Phi) is 5.58. The van der Waals surface area contributed by atoms with Gasteiger partial charge in [0, 0.05) is 27.9 Å². The number of nitrogens with zero attached hydrogens (tertiary/aromatic N) is 3. The predicted molar refractivity (Wildman–Crippen MR) is 101 cm³/mol. The molecule has 0 spiro atoms. The molecule has 1 amide bonds. The highest BCUT2D eigenvalue weighted by atomic mass is 35.5. The van der Waals surface area contributed by atoms with E-state index in [1.54, 1.807) is 29.1 Å². The Labute approximate surface area is 163 Å². The molecular formula is C17H12Cl2N4O4. The molecule has 0 atom stereocenters. The second kappa shape index (κ2) is 8.07. The van der Waals surface area contributed by atoms with Crippen molar-refractivity contribution < 1.29 is 14.1 Å². The summed E-state index contributed by atoms with van der Waals surface area (Å²) in [6.07, 6.45) is 5.64. The molecule has 10 heteroatoms. The lowest BCUT2D eigenvalue weighted by Gasteiger charge is -2.06. The van der Waals surface area contributed by atoms with Crippen molar-refractivity contribution in [3.05, 3.63) is 80.3 Å². The Morgan fingerprint density at radius 2 is 2.04 bits per heavy atom. The maximum absolute atomic E-state index is 11.9. The van der Waals surface area contributed by atoms with Crippen molar-refractivity contribution in [1.82, 2.24) is 9.78 Å². The summed E-state index contributed by atoms with van der Waals surface area (Å²) in [4.78, 5) is 21.8. The Morgan fingerprint density at radius 3 is 2.70 bits per heavy atom. The summed E-state index contributed by atoms with van der Waals surface area (Å²) < 4.78 is 6.52. The van der Waals surface area contributed by atoms with Gasteiger partial charge in [-0.15, -0.1) is 0 Å². The fraction of sp³-hybridized carbons (Fsp3) is 0.0588. The molecule has 0 unspecified atom stereocenters. The van der Waals surface area contributed by atoms with Crippen LogP contribution in [0.4, 0.5) is 11.6 Å². The topological polar surface area (TPSA) is 103 Å². The quantitative estimate of drug-likeness (QED) is 0.371. The van der Waals surface area contributed by atoms with Gasteiger partial charge in [-0.2, -0.15) is 5.10 Å². The third-order valence-electron chi connectivity index (χ3n) is 3.47. The number of nitrogens with one attached hydrogen (secondary N) is 1. The number of furan rings is 1. The van der Waals surface area contributed by atoms with E-state index in [2.05, 4.69) is 10.4 Å². The van der Waals surface area contributed by atoms with Crippen LogP contribution in [0.1, 0.15) is 11.3 Å². The van der Waals surface area contributed by atoms with Crippen LogP contribution < -0.4 is 5.32 Å². The summed E-state index contributed by atoms with van der Waals surface area (Å²) in [7, 11) is 0. The van der Waals surface area contributed by atoms with Crippen LogP contribution in [0.25, 0.3) is 6.08 Å². The van der Waals surface area contributed by atoms with Crippen LogP contribution in [0.3, 0.4) is 0 Å². The number of benzene rings is 1. The van der Waals surface area contributed by atoms with Gasteiger partial charge in [-0.1, -0.05) is 29.3 Å². The van der Waals surface area contributed by atoms with Crippen LogP contribution in [0.15, 0.2) is 53.2 Å². The first kappa shape index (κ1) is 18.7. The van der Waals surface area contributed by atoms with Crippen LogP contribution >= 0.6 is 23.2 Å². The van der Waals surface area contributed by atoms with Crippen molar-refractivity contribution in [2.24, 2.45) is 0 Å². The molecule has 3 aromatic rings. The zero-order chi connectivity index (χ0) is 19.4. The van der Waals surface area contributed by atoms with Gasteiger partial charge in [0.2, 0.25) is 5.91 Å². The highest BCUT2D eigenvalue weighted by Gasteiger charge is 2.11. The zero-order valence-corrected chi connectivity index (χ0v) is 15.1. The summed E-state index contributed by atoms with van der Waals surface area (Å²) in [5, 5.41) is 18.4. The lowest BCUT2D eigenvalue weighted by molar-refractivity contribution is -0.402. The average Bonchev–Trinajstić information content (AvgIpc) is 3.26. The number of aromatic nitrogens is 2. The SMILES string of the molecule is O=C(/C=C/c1ccc([N+](=O)[O-])o1)Nc1cnn(Cc2c(Cl)cccc2Cl)c1. The van der Waals surface area contributed by atoms with E-state index in [4.69, 9.17) is 27.6 Å². The first-order valence-corrected chi connectivity index (χ1v) is 8.36. The monoisotopic (exact) mass is 406 g/mol. The molecule has 0 radical (unpaired) electrons. The summed E-state index contributed by atoms with van der Waals surface area (Å²) in [5.41, 5.74) is 1.19. The standard InChI is InChI=1S/C17H12Cl2N4O4/c18-14-2-1-3-15(19)13(14)10-22-9-11(8-20-22)21-16(24)6-4-12-5-7-17(27-12)23(25)26/h1-9H,10H2,(H,21,24)/b6-4+. The van der Waals surface area contributed by atoms with Crippen LogP contribution in [-0.4, -0.2) is 20.6 Å². The molecule has 1 N–H and O–H groups in total. The minimum atomic E-state index is -0.656. The van der Waals surface area contributed by atoms with Gasteiger partial charge in [0.1, 0.15) is 10.7 Å². The molecular weight excluding hydrogens is 395 g/mol. The van der Waals surface area contributed by atoms with E-state index in [1.165, 1.54) is 30.5 Å². The van der Waals surface area contributed by atoms with E-state index in [0.29, 0.717) is 22.3 Å². The van der Waals surface area contributed by atoms with Crippen LogP contribution in [0, 0.1) is 10.1 Å². The number of anilines is 1. The van der Waals surface area contributed by atoms with Crippen LogP contribution in [-0.2, 0) is 11.3 Å². The Bertz CT molecular complexity index is 1010. The van der Waals surface area contributed by atoms with E-state index in [9.17, 15) is 14.9 Å². The number of hydrogen-bond acceptors (Lipinski definition) is 5. The largest absolute Gasteiger partial charge is 0.433 e. The van der Waals surface area contributed by atoms with E-state index in [0.717, 1.165) is 5.56 Å². The molecule has 0 aliphatic rings. The molecule has 3 rings (SSSR count). The number of nitro groups is 1. The molecule has 0 saturated carbocycles. The van der Waals surface area contributed by atoms with E-state index >= 15 is 0 Å². The van der Waals surface area contributed by atoms with Gasteiger partial charge in [-0.05, 0) is 24.3 Å². The van der Waals surface area contributed by atoms with Crippen molar-refractivity contribution in [2.45, 2.75) is 6.54 Å². The van der Waals surface area contributed by atoms with Crippen molar-refractivity contribution in [3.8, 4) is 0 Å². The summed E-state index contributed by atoms with van der Waals surface area (Å²) in [6.45, 7) is 0.347. The third-order valence-corrected chi connectivity index (χ3v) is 4.18. The highest BCUT2D eigenvalue weighted by molar-refractivity contribution is 6.35. The molecule has 0 bridgehead atoms. The molecule has 0 aliphatic heterocycles. The first-order valence-electron chi connectivity index (χ1n) is 7.61. The van der Waals surface area contributed by atoms with Gasteiger partial charge < -0.3 is 9.73 Å². The van der Waals surface area contributed by atoms with Crippen LogP contribution in [0.5, 0.6) is 0 Å². The number of carbonyl (C=O) groups is 1. The second-order valence-electron chi connectivity index (χ2n) is 5.38. The number of amides is 1. The van der Waals surface area contributed by atoms with Gasteiger partial charge in [-0.25, -0.2) is 0 Å². The molecule has 2 aromatic heterocycles. The maximum atomic E-state index is 11.9. The highest BCUT2D eigenvalue weighted by Crippen LogP contribution is 2.25. The van der Waals surface area contributed by atoms with Gasteiger partial charge in [-0.3, -0.25) is 19.6 Å². The Balaban J connectivity index is 1.62. The third kappa shape index (κ3) is 4.75. The fourth-order valence-electron chi connectivity index (χ4n) is 2.23. The van der Waals surface area contributed by atoms with Gasteiger partial charge in [0.05, 0.1) is 24.5 Å². The number of carbonyl (C=O) groups excluding carboxylic acids is 1. The zero-order valence-electron chi connectivity index (χ0n) is 13.6. The molecule has 8 nitrogen and oxygen atoms in total. The summed E-state index contributed by atoms with van der Waals surface area (Å²) >= 11 is 12.3. The molecule has 2 heterocycles. The average molecular weight is 407 g/mol. The Morgan fingerprint density at radius 1 is 1.30 bits per heavy atom. The summed E-state index contributed by atoms with van der Waals surface area (Å²) in [5.74, 6) is -0.639. The van der Waals surface area contributed by atoms with Crippen LogP contribution in [0.2, 0.25) is 10.0 Å².